The third-order valence-corrected chi connectivity index (χ3v) is 12.3. The summed E-state index contributed by atoms with van der Waals surface area (Å²) in [6.45, 7) is 4.10. The zero-order valence-corrected chi connectivity index (χ0v) is 31.1. The highest BCUT2D eigenvalue weighted by Crippen LogP contribution is 2.49. The summed E-state index contributed by atoms with van der Waals surface area (Å²) in [5.41, 5.74) is 3.09. The van der Waals surface area contributed by atoms with Gasteiger partial charge in [-0.05, 0) is 48.4 Å². The van der Waals surface area contributed by atoms with Crippen molar-refractivity contribution in [1.82, 2.24) is 40.1 Å². The highest BCUT2D eigenvalue weighted by atomic mass is 19.3. The molecule has 15 nitrogen and oxygen atoms in total. The molecule has 0 spiro atoms. The number of alkyl halides is 2. The van der Waals surface area contributed by atoms with Crippen LogP contribution in [0.25, 0.3) is 22.2 Å². The number of piperidine rings is 1. The Balaban J connectivity index is 0.812. The van der Waals surface area contributed by atoms with Crippen molar-refractivity contribution in [3.05, 3.63) is 83.6 Å². The molecule has 3 N–H and O–H groups in total. The minimum Gasteiger partial charge on any atom is -0.504 e. The largest absolute Gasteiger partial charge is 0.504 e. The number of para-hydroxylation sites is 1. The van der Waals surface area contributed by atoms with E-state index in [1.54, 1.807) is 32.9 Å². The lowest BCUT2D eigenvalue weighted by molar-refractivity contribution is -0.136. The number of amides is 3. The summed E-state index contributed by atoms with van der Waals surface area (Å²) in [6, 6.07) is 12.4. The van der Waals surface area contributed by atoms with Crippen LogP contribution in [0.15, 0.2) is 60.9 Å². The van der Waals surface area contributed by atoms with Crippen molar-refractivity contribution in [2.45, 2.75) is 56.4 Å². The number of benzene rings is 2. The molecule has 0 aliphatic carbocycles. The van der Waals surface area contributed by atoms with Crippen molar-refractivity contribution in [2.24, 2.45) is 0 Å². The van der Waals surface area contributed by atoms with Gasteiger partial charge in [0.2, 0.25) is 11.8 Å². The number of hydrogen-bond acceptors (Lipinski definition) is 12. The van der Waals surface area contributed by atoms with Crippen molar-refractivity contribution in [2.75, 3.05) is 54.4 Å². The molecule has 3 atom stereocenters. The minimum atomic E-state index is -2.72. The molecule has 18 heteroatoms. The standard InChI is InChI=1S/C40H38F3N11O4/c41-29-3-1-2-27(35(29)56)30-14-32-36(49-48-30)45-21-40(39(42)43)15-26(20-53(32)40)54-33-17-44-24(12-23(33)16-46-54)19-50-8-10-51(11-9-50)25-5-4-22-18-52(38(58)28(22)13-25)31-6-7-34(55)47-37(31)57/h1-5,12-14,16-17,26,31,39,56H,6-11,15,18-21H2,(H,45,49)(H,47,55,57)/t26-,31+,40-/m1/s1. The zero-order chi connectivity index (χ0) is 39.9. The van der Waals surface area contributed by atoms with Crippen LogP contribution in [-0.4, -0.2) is 115 Å². The number of hydrogen-bond donors (Lipinski definition) is 3. The number of nitrogens with zero attached hydrogens (tertiary/aromatic N) is 9. The topological polar surface area (TPSA) is 165 Å². The first kappa shape index (κ1) is 36.1. The van der Waals surface area contributed by atoms with Crippen molar-refractivity contribution >= 4 is 45.8 Å². The summed E-state index contributed by atoms with van der Waals surface area (Å²) in [5.74, 6) is -2.01. The van der Waals surface area contributed by atoms with Crippen LogP contribution >= 0.6 is 0 Å². The van der Waals surface area contributed by atoms with Gasteiger partial charge in [-0.25, -0.2) is 13.2 Å². The van der Waals surface area contributed by atoms with Gasteiger partial charge in [-0.2, -0.15) is 5.10 Å². The number of carbonyl (C=O) groups is 3. The average Bonchev–Trinajstić information content (AvgIpc) is 3.93. The van der Waals surface area contributed by atoms with Crippen molar-refractivity contribution in [3.8, 4) is 17.0 Å². The first-order valence-corrected chi connectivity index (χ1v) is 19.3. The van der Waals surface area contributed by atoms with Crippen LogP contribution in [0.3, 0.4) is 0 Å². The SMILES string of the molecule is O=C1CC[C@H](N2Cc3ccc(N4CCN(Cc5cc6cnn([C@H]7CN8c9cc(-c%10cccc(F)c%10O)nnc9NC[C@@]8(C(F)F)C7)c6cn5)CC4)cc3C2=O)C(=O)N1. The number of carbonyl (C=O) groups excluding carboxylic acids is 3. The van der Waals surface area contributed by atoms with E-state index in [-0.39, 0.29) is 49.0 Å². The van der Waals surface area contributed by atoms with Gasteiger partial charge in [0.15, 0.2) is 17.4 Å². The second-order valence-corrected chi connectivity index (χ2v) is 15.7. The molecule has 10 rings (SSSR count). The maximum atomic E-state index is 15.1. The Morgan fingerprint density at radius 3 is 2.64 bits per heavy atom. The number of rotatable bonds is 7. The van der Waals surface area contributed by atoms with Gasteiger partial charge in [0, 0.05) is 87.4 Å². The van der Waals surface area contributed by atoms with E-state index in [0.717, 1.165) is 60.1 Å². The maximum Gasteiger partial charge on any atom is 0.263 e. The van der Waals surface area contributed by atoms with Gasteiger partial charge in [0.25, 0.3) is 12.3 Å². The van der Waals surface area contributed by atoms with E-state index >= 15 is 8.78 Å². The number of aromatic nitrogens is 5. The quantitative estimate of drug-likeness (QED) is 0.205. The fourth-order valence-corrected chi connectivity index (χ4v) is 9.23. The van der Waals surface area contributed by atoms with Crippen LogP contribution in [0.5, 0.6) is 5.75 Å². The van der Waals surface area contributed by atoms with E-state index < -0.39 is 41.5 Å². The maximum absolute atomic E-state index is 15.1. The van der Waals surface area contributed by atoms with Gasteiger partial charge in [-0.15, -0.1) is 10.2 Å². The summed E-state index contributed by atoms with van der Waals surface area (Å²) < 4.78 is 46.2. The third kappa shape index (κ3) is 5.87. The summed E-state index contributed by atoms with van der Waals surface area (Å²) in [4.78, 5) is 50.0. The molecule has 5 aliphatic rings. The van der Waals surface area contributed by atoms with Crippen LogP contribution in [0.4, 0.5) is 30.4 Å². The fourth-order valence-electron chi connectivity index (χ4n) is 9.23. The molecule has 58 heavy (non-hydrogen) atoms. The number of aromatic hydroxyl groups is 1. The van der Waals surface area contributed by atoms with Crippen molar-refractivity contribution in [1.29, 1.82) is 0 Å². The number of piperazine rings is 1. The van der Waals surface area contributed by atoms with Gasteiger partial charge in [-0.1, -0.05) is 12.1 Å². The van der Waals surface area contributed by atoms with Crippen LogP contribution in [0, 0.1) is 5.82 Å². The molecule has 2 aromatic carbocycles. The van der Waals surface area contributed by atoms with Gasteiger partial charge < -0.3 is 25.1 Å². The first-order chi connectivity index (χ1) is 28.1. The molecule has 0 saturated carbocycles. The molecular formula is C40H38F3N11O4. The van der Waals surface area contributed by atoms with E-state index in [4.69, 9.17) is 4.98 Å². The Hall–Kier alpha value is -6.30. The summed E-state index contributed by atoms with van der Waals surface area (Å²) in [5, 5.41) is 29.6. The van der Waals surface area contributed by atoms with Gasteiger partial charge in [0.05, 0.1) is 41.0 Å². The summed E-state index contributed by atoms with van der Waals surface area (Å²) in [7, 11) is 0. The van der Waals surface area contributed by atoms with Crippen LogP contribution in [0.2, 0.25) is 0 Å². The normalized spacial score (nSPS) is 23.3. The molecular weight excluding hydrogens is 756 g/mol. The van der Waals surface area contributed by atoms with Crippen molar-refractivity contribution < 1.29 is 32.7 Å². The Morgan fingerprint density at radius 2 is 1.83 bits per heavy atom. The molecule has 0 radical (unpaired) electrons. The zero-order valence-electron chi connectivity index (χ0n) is 31.1. The monoisotopic (exact) mass is 793 g/mol. The Morgan fingerprint density at radius 1 is 0.983 bits per heavy atom. The number of fused-ring (bicyclic) bond motifs is 5. The number of phenolic OH excluding ortho intramolecular Hbond substituents is 1. The lowest BCUT2D eigenvalue weighted by atomic mass is 9.92. The van der Waals surface area contributed by atoms with E-state index in [2.05, 4.69) is 35.7 Å². The third-order valence-electron chi connectivity index (χ3n) is 12.3. The molecule has 0 unspecified atom stereocenters. The average molecular weight is 794 g/mol. The van der Waals surface area contributed by atoms with Gasteiger partial charge >= 0.3 is 0 Å². The minimum absolute atomic E-state index is 0.0595. The van der Waals surface area contributed by atoms with E-state index in [1.807, 2.05) is 24.3 Å². The predicted molar refractivity (Wildman–Crippen MR) is 205 cm³/mol. The lowest BCUT2D eigenvalue weighted by Gasteiger charge is -2.43. The molecule has 3 saturated heterocycles. The molecule has 8 heterocycles. The van der Waals surface area contributed by atoms with Crippen LogP contribution in [-0.2, 0) is 22.7 Å². The number of phenols is 1. The van der Waals surface area contributed by atoms with E-state index in [1.165, 1.54) is 12.1 Å². The number of halogens is 3. The molecule has 298 valence electrons. The highest BCUT2D eigenvalue weighted by molar-refractivity contribution is 6.05. The van der Waals surface area contributed by atoms with Crippen LogP contribution in [0.1, 0.15) is 46.9 Å². The molecule has 3 amide bonds. The molecule has 3 aromatic heterocycles. The first-order valence-electron chi connectivity index (χ1n) is 19.3. The van der Waals surface area contributed by atoms with Crippen LogP contribution < -0.4 is 20.4 Å². The van der Waals surface area contributed by atoms with Gasteiger partial charge in [0.1, 0.15) is 11.6 Å². The molecule has 0 bridgehead atoms. The van der Waals surface area contributed by atoms with E-state index in [0.29, 0.717) is 36.6 Å². The molecule has 5 aliphatic heterocycles. The molecule has 3 fully saturated rings. The number of anilines is 3. The number of nitrogens with one attached hydrogen (secondary N) is 2. The predicted octanol–water partition coefficient (Wildman–Crippen LogP) is 3.70. The number of pyridine rings is 1. The van der Waals surface area contributed by atoms with Crippen molar-refractivity contribution in [3.63, 3.8) is 0 Å². The summed E-state index contributed by atoms with van der Waals surface area (Å²) in [6.07, 6.45) is 1.41. The smallest absolute Gasteiger partial charge is 0.263 e. The molecule has 5 aromatic rings. The highest BCUT2D eigenvalue weighted by Gasteiger charge is 2.56. The second kappa shape index (κ2) is 13.7. The second-order valence-electron chi connectivity index (χ2n) is 15.7. The van der Waals surface area contributed by atoms with Gasteiger partial charge in [-0.3, -0.25) is 34.3 Å². The summed E-state index contributed by atoms with van der Waals surface area (Å²) >= 11 is 0. The number of imide groups is 1. The Labute approximate surface area is 329 Å². The Kier molecular flexibility index (Phi) is 8.50. The Bertz CT molecular complexity index is 2510. The van der Waals surface area contributed by atoms with E-state index in [9.17, 15) is 23.9 Å². The fraction of sp³-hybridized carbons (Fsp3) is 0.375. The lowest BCUT2D eigenvalue weighted by Crippen LogP contribution is -2.57.